The SMILES string of the molecule is CC(C)(C)CN1Cc2c(cc(Br)c3[nH]nc(Cl)c23)C[C@@H](CC(=O)O)C1=O. The van der Waals surface area contributed by atoms with E-state index in [9.17, 15) is 14.7 Å². The number of fused-ring (bicyclic) bond motifs is 3. The zero-order valence-corrected chi connectivity index (χ0v) is 17.2. The molecule has 0 saturated carbocycles. The van der Waals surface area contributed by atoms with Crippen LogP contribution in [0.1, 0.15) is 38.3 Å². The summed E-state index contributed by atoms with van der Waals surface area (Å²) in [6.45, 7) is 7.10. The average Bonchev–Trinajstić information content (AvgIpc) is 2.84. The zero-order valence-electron chi connectivity index (χ0n) is 14.9. The van der Waals surface area contributed by atoms with Crippen LogP contribution in [0.3, 0.4) is 0 Å². The number of nitrogens with one attached hydrogen (secondary N) is 1. The van der Waals surface area contributed by atoms with Crippen molar-refractivity contribution in [2.24, 2.45) is 11.3 Å². The Bertz CT molecular complexity index is 888. The molecule has 1 amide bonds. The van der Waals surface area contributed by atoms with E-state index < -0.39 is 11.9 Å². The van der Waals surface area contributed by atoms with Crippen molar-refractivity contribution in [2.75, 3.05) is 6.54 Å². The van der Waals surface area contributed by atoms with Gasteiger partial charge in [-0.15, -0.1) is 0 Å². The van der Waals surface area contributed by atoms with Gasteiger partial charge in [0.1, 0.15) is 0 Å². The van der Waals surface area contributed by atoms with Crippen molar-refractivity contribution in [3.63, 3.8) is 0 Å². The minimum Gasteiger partial charge on any atom is -0.481 e. The number of nitrogens with zero attached hydrogens (tertiary/aromatic N) is 2. The first-order valence-electron chi connectivity index (χ1n) is 8.41. The maximum Gasteiger partial charge on any atom is 0.304 e. The highest BCUT2D eigenvalue weighted by atomic mass is 79.9. The minimum absolute atomic E-state index is 0.109. The van der Waals surface area contributed by atoms with Crippen LogP contribution in [0.5, 0.6) is 0 Å². The van der Waals surface area contributed by atoms with Gasteiger partial charge < -0.3 is 10.0 Å². The Morgan fingerprint density at radius 2 is 2.19 bits per heavy atom. The Hall–Kier alpha value is -1.60. The molecule has 0 saturated heterocycles. The van der Waals surface area contributed by atoms with E-state index >= 15 is 0 Å². The third-order valence-electron chi connectivity index (χ3n) is 4.51. The number of aromatic amines is 1. The van der Waals surface area contributed by atoms with Crippen LogP contribution in [-0.2, 0) is 22.6 Å². The molecule has 0 fully saturated rings. The fourth-order valence-electron chi connectivity index (χ4n) is 3.56. The first kappa shape index (κ1) is 19.2. The van der Waals surface area contributed by atoms with E-state index in [-0.39, 0.29) is 17.7 Å². The Labute approximate surface area is 165 Å². The number of benzene rings is 1. The van der Waals surface area contributed by atoms with Gasteiger partial charge in [0.2, 0.25) is 5.91 Å². The third kappa shape index (κ3) is 3.74. The molecule has 2 aromatic rings. The first-order chi connectivity index (χ1) is 12.1. The number of carboxylic acids is 1. The van der Waals surface area contributed by atoms with Crippen molar-refractivity contribution in [1.29, 1.82) is 0 Å². The number of carbonyl (C=O) groups excluding carboxylic acids is 1. The van der Waals surface area contributed by atoms with Crippen LogP contribution in [0.4, 0.5) is 0 Å². The van der Waals surface area contributed by atoms with Crippen LogP contribution in [0.15, 0.2) is 10.5 Å². The number of H-pyrrole nitrogens is 1. The molecule has 2 heterocycles. The monoisotopic (exact) mass is 441 g/mol. The Morgan fingerprint density at radius 1 is 1.50 bits per heavy atom. The van der Waals surface area contributed by atoms with E-state index in [2.05, 4.69) is 46.9 Å². The quantitative estimate of drug-likeness (QED) is 0.752. The van der Waals surface area contributed by atoms with Crippen molar-refractivity contribution in [3.05, 3.63) is 26.8 Å². The number of hydrogen-bond donors (Lipinski definition) is 2. The topological polar surface area (TPSA) is 86.3 Å². The summed E-state index contributed by atoms with van der Waals surface area (Å²) >= 11 is 9.83. The molecule has 2 N–H and O–H groups in total. The maximum absolute atomic E-state index is 13.1. The predicted octanol–water partition coefficient (Wildman–Crippen LogP) is 4.00. The lowest BCUT2D eigenvalue weighted by Gasteiger charge is -2.31. The molecule has 0 bridgehead atoms. The lowest BCUT2D eigenvalue weighted by Crippen LogP contribution is -2.40. The second-order valence-corrected chi connectivity index (χ2v) is 9.23. The number of halogens is 2. The summed E-state index contributed by atoms with van der Waals surface area (Å²) in [5, 5.41) is 17.4. The Morgan fingerprint density at radius 3 is 2.81 bits per heavy atom. The van der Waals surface area contributed by atoms with Gasteiger partial charge in [0, 0.05) is 22.9 Å². The molecule has 0 aliphatic carbocycles. The molecule has 1 aromatic heterocycles. The number of amides is 1. The fraction of sp³-hybridized carbons (Fsp3) is 0.500. The average molecular weight is 443 g/mol. The molecular weight excluding hydrogens is 422 g/mol. The molecule has 8 heteroatoms. The molecule has 0 spiro atoms. The van der Waals surface area contributed by atoms with Crippen molar-refractivity contribution in [3.8, 4) is 0 Å². The van der Waals surface area contributed by atoms with Crippen LogP contribution in [-0.4, -0.2) is 38.6 Å². The summed E-state index contributed by atoms with van der Waals surface area (Å²) in [5.41, 5.74) is 2.55. The van der Waals surface area contributed by atoms with Gasteiger partial charge >= 0.3 is 5.97 Å². The summed E-state index contributed by atoms with van der Waals surface area (Å²) in [6, 6.07) is 1.94. The van der Waals surface area contributed by atoms with Crippen LogP contribution in [0.25, 0.3) is 10.9 Å². The summed E-state index contributed by atoms with van der Waals surface area (Å²) in [5.74, 6) is -1.68. The Kier molecular flexibility index (Phi) is 5.05. The normalized spacial score (nSPS) is 18.1. The fourth-order valence-corrected chi connectivity index (χ4v) is 4.37. The summed E-state index contributed by atoms with van der Waals surface area (Å²) in [4.78, 5) is 26.1. The van der Waals surface area contributed by atoms with Crippen molar-refractivity contribution >= 4 is 50.3 Å². The molecule has 1 aliphatic rings. The van der Waals surface area contributed by atoms with Gasteiger partial charge in [-0.3, -0.25) is 14.7 Å². The van der Waals surface area contributed by atoms with E-state index in [4.69, 9.17) is 11.6 Å². The van der Waals surface area contributed by atoms with Crippen molar-refractivity contribution in [2.45, 2.75) is 40.2 Å². The van der Waals surface area contributed by atoms with Crippen LogP contribution >= 0.6 is 27.5 Å². The molecule has 1 atom stereocenters. The lowest BCUT2D eigenvalue weighted by atomic mass is 9.92. The highest BCUT2D eigenvalue weighted by molar-refractivity contribution is 9.10. The van der Waals surface area contributed by atoms with E-state index in [1.54, 1.807) is 4.90 Å². The maximum atomic E-state index is 13.1. The van der Waals surface area contributed by atoms with E-state index in [0.29, 0.717) is 24.7 Å². The molecule has 0 unspecified atom stereocenters. The molecule has 1 aromatic carbocycles. The third-order valence-corrected chi connectivity index (χ3v) is 5.41. The molecule has 1 aliphatic heterocycles. The second kappa shape index (κ2) is 6.85. The molecule has 3 rings (SSSR count). The minimum atomic E-state index is -0.969. The highest BCUT2D eigenvalue weighted by Crippen LogP contribution is 2.37. The van der Waals surface area contributed by atoms with Gasteiger partial charge in [-0.25, -0.2) is 0 Å². The lowest BCUT2D eigenvalue weighted by molar-refractivity contribution is -0.145. The largest absolute Gasteiger partial charge is 0.481 e. The van der Waals surface area contributed by atoms with E-state index in [0.717, 1.165) is 26.5 Å². The van der Waals surface area contributed by atoms with Crippen LogP contribution < -0.4 is 0 Å². The van der Waals surface area contributed by atoms with Crippen LogP contribution in [0.2, 0.25) is 5.15 Å². The number of carboxylic acid groups (broad SMARTS) is 1. The summed E-state index contributed by atoms with van der Waals surface area (Å²) in [6.07, 6.45) is 0.185. The smallest absolute Gasteiger partial charge is 0.304 e. The standard InChI is InChI=1S/C18H21BrClN3O3/c1-18(2,3)8-23-7-11-9(4-10(17(23)26)6-13(24)25)5-12(19)15-14(11)16(20)22-21-15/h5,10H,4,6-8H2,1-3H3,(H,21,22)(H,24,25)/t10-/m0/s1. The summed E-state index contributed by atoms with van der Waals surface area (Å²) < 4.78 is 0.802. The molecule has 6 nitrogen and oxygen atoms in total. The van der Waals surface area contributed by atoms with Gasteiger partial charge in [0.05, 0.1) is 17.9 Å². The van der Waals surface area contributed by atoms with E-state index in [1.807, 2.05) is 6.07 Å². The molecule has 0 radical (unpaired) electrons. The van der Waals surface area contributed by atoms with Crippen molar-refractivity contribution in [1.82, 2.24) is 15.1 Å². The van der Waals surface area contributed by atoms with Gasteiger partial charge in [-0.2, -0.15) is 5.10 Å². The van der Waals surface area contributed by atoms with Gasteiger partial charge in [0.25, 0.3) is 0 Å². The van der Waals surface area contributed by atoms with Gasteiger partial charge in [0.15, 0.2) is 5.15 Å². The number of aliphatic carboxylic acids is 1. The van der Waals surface area contributed by atoms with Gasteiger partial charge in [-0.05, 0) is 45.0 Å². The molecule has 140 valence electrons. The number of rotatable bonds is 3. The van der Waals surface area contributed by atoms with E-state index in [1.165, 1.54) is 0 Å². The van der Waals surface area contributed by atoms with Crippen LogP contribution in [0, 0.1) is 11.3 Å². The van der Waals surface area contributed by atoms with Crippen molar-refractivity contribution < 1.29 is 14.7 Å². The van der Waals surface area contributed by atoms with Gasteiger partial charge in [-0.1, -0.05) is 32.4 Å². The second-order valence-electron chi connectivity index (χ2n) is 8.01. The predicted molar refractivity (Wildman–Crippen MR) is 103 cm³/mol. The first-order valence-corrected chi connectivity index (χ1v) is 9.58. The number of carbonyl (C=O) groups is 2. The summed E-state index contributed by atoms with van der Waals surface area (Å²) in [7, 11) is 0. The number of hydrogen-bond acceptors (Lipinski definition) is 3. The zero-order chi connectivity index (χ0) is 19.2. The molecular formula is C18H21BrClN3O3. The molecule has 26 heavy (non-hydrogen) atoms. The highest BCUT2D eigenvalue weighted by Gasteiger charge is 2.34. The number of aromatic nitrogens is 2. The Balaban J connectivity index is 2.16.